The summed E-state index contributed by atoms with van der Waals surface area (Å²) in [4.78, 5) is 11.6. The molecule has 1 aliphatic heterocycles. The Labute approximate surface area is 168 Å². The van der Waals surface area contributed by atoms with Crippen molar-refractivity contribution in [2.75, 3.05) is 23.3 Å². The molecule has 148 valence electrons. The van der Waals surface area contributed by atoms with E-state index in [1.165, 1.54) is 6.07 Å². The third kappa shape index (κ3) is 3.06. The second-order valence-electron chi connectivity index (χ2n) is 7.64. The number of nitrogens with zero attached hydrogens (tertiary/aromatic N) is 5. The average Bonchev–Trinajstić information content (AvgIpc) is 3.42. The van der Waals surface area contributed by atoms with Crippen molar-refractivity contribution < 1.29 is 4.39 Å². The molecule has 0 bridgehead atoms. The van der Waals surface area contributed by atoms with Crippen LogP contribution in [0, 0.1) is 12.7 Å². The van der Waals surface area contributed by atoms with Gasteiger partial charge in [-0.05, 0) is 51.0 Å². The van der Waals surface area contributed by atoms with Crippen LogP contribution in [0.1, 0.15) is 36.9 Å². The summed E-state index contributed by atoms with van der Waals surface area (Å²) in [5.41, 5.74) is 3.23. The Morgan fingerprint density at radius 2 is 1.93 bits per heavy atom. The number of hydrogen-bond acceptors (Lipinski definition) is 5. The van der Waals surface area contributed by atoms with Crippen molar-refractivity contribution >= 4 is 28.2 Å². The maximum Gasteiger partial charge on any atom is 0.157 e. The Kier molecular flexibility index (Phi) is 4.30. The quantitative estimate of drug-likeness (QED) is 0.556. The Hall–Kier alpha value is -3.22. The highest BCUT2D eigenvalue weighted by atomic mass is 19.1. The molecular weight excluding hydrogens is 367 g/mol. The minimum atomic E-state index is -0.214. The van der Waals surface area contributed by atoms with E-state index in [1.54, 1.807) is 23.8 Å². The van der Waals surface area contributed by atoms with Gasteiger partial charge in [-0.1, -0.05) is 0 Å². The van der Waals surface area contributed by atoms with Crippen molar-refractivity contribution in [2.45, 2.75) is 32.7 Å². The third-order valence-electron chi connectivity index (χ3n) is 5.71. The normalized spacial score (nSPS) is 15.3. The largest absolute Gasteiger partial charge is 0.363 e. The van der Waals surface area contributed by atoms with E-state index in [0.29, 0.717) is 5.56 Å². The van der Waals surface area contributed by atoms with Crippen LogP contribution < -0.4 is 10.2 Å². The summed E-state index contributed by atoms with van der Waals surface area (Å²) >= 11 is 0. The zero-order valence-corrected chi connectivity index (χ0v) is 16.6. The van der Waals surface area contributed by atoms with E-state index >= 15 is 0 Å². The Balaban J connectivity index is 1.61. The molecule has 6 nitrogen and oxygen atoms in total. The zero-order chi connectivity index (χ0) is 20.0. The lowest BCUT2D eigenvalue weighted by molar-refractivity contribution is 0.620. The first kappa shape index (κ1) is 17.8. The molecule has 1 unspecified atom stereocenters. The third-order valence-corrected chi connectivity index (χ3v) is 5.71. The Morgan fingerprint density at radius 3 is 2.76 bits per heavy atom. The van der Waals surface area contributed by atoms with E-state index in [2.05, 4.69) is 33.3 Å². The molecule has 0 aliphatic carbocycles. The van der Waals surface area contributed by atoms with Gasteiger partial charge in [0.05, 0.1) is 17.8 Å². The lowest BCUT2D eigenvalue weighted by Crippen LogP contribution is -2.23. The monoisotopic (exact) mass is 390 g/mol. The number of fused-ring (bicyclic) bond motifs is 2. The standard InChI is InChI=1S/C22H23FN6/c1-14-18(23)6-5-16-13-17(22(27-21(14)16)28-11-3-4-12-28)15(2)26-20-7-9-24-19-8-10-25-29(19)20/h5-10,13,15,26H,3-4,11-12H2,1-2H3. The summed E-state index contributed by atoms with van der Waals surface area (Å²) in [5, 5.41) is 8.88. The summed E-state index contributed by atoms with van der Waals surface area (Å²) in [7, 11) is 0. The Morgan fingerprint density at radius 1 is 1.10 bits per heavy atom. The summed E-state index contributed by atoms with van der Waals surface area (Å²) in [6.07, 6.45) is 5.82. The summed E-state index contributed by atoms with van der Waals surface area (Å²) in [6, 6.07) is 9.25. The molecule has 0 radical (unpaired) electrons. The summed E-state index contributed by atoms with van der Waals surface area (Å²) in [5.74, 6) is 1.60. The number of anilines is 2. The SMILES string of the molecule is Cc1c(F)ccc2cc(C(C)Nc3ccnc4ccnn34)c(N3CCCC3)nc12. The molecule has 1 fully saturated rings. The van der Waals surface area contributed by atoms with Crippen LogP contribution in [0.5, 0.6) is 0 Å². The maximum atomic E-state index is 14.1. The highest BCUT2D eigenvalue weighted by molar-refractivity contribution is 5.85. The van der Waals surface area contributed by atoms with Gasteiger partial charge in [-0.2, -0.15) is 9.61 Å². The molecule has 7 heteroatoms. The van der Waals surface area contributed by atoms with E-state index in [-0.39, 0.29) is 11.9 Å². The Bertz CT molecular complexity index is 1190. The average molecular weight is 390 g/mol. The van der Waals surface area contributed by atoms with Crippen LogP contribution in [-0.2, 0) is 0 Å². The van der Waals surface area contributed by atoms with Gasteiger partial charge >= 0.3 is 0 Å². The molecule has 1 saturated heterocycles. The number of aryl methyl sites for hydroxylation is 1. The topological polar surface area (TPSA) is 58.4 Å². The first-order chi connectivity index (χ1) is 14.1. The molecule has 3 aromatic heterocycles. The first-order valence-electron chi connectivity index (χ1n) is 10.0. The molecular formula is C22H23FN6. The van der Waals surface area contributed by atoms with Crippen LogP contribution >= 0.6 is 0 Å². The lowest BCUT2D eigenvalue weighted by Gasteiger charge is -2.25. The number of hydrogen-bond donors (Lipinski definition) is 1. The van der Waals surface area contributed by atoms with Gasteiger partial charge in [-0.25, -0.2) is 14.4 Å². The van der Waals surface area contributed by atoms with Gasteiger partial charge in [-0.15, -0.1) is 0 Å². The van der Waals surface area contributed by atoms with Crippen molar-refractivity contribution in [3.8, 4) is 0 Å². The zero-order valence-electron chi connectivity index (χ0n) is 16.6. The van der Waals surface area contributed by atoms with Crippen LogP contribution in [0.4, 0.5) is 16.0 Å². The second-order valence-corrected chi connectivity index (χ2v) is 7.64. The number of benzene rings is 1. The number of aromatic nitrogens is 4. The van der Waals surface area contributed by atoms with Crippen LogP contribution in [0.25, 0.3) is 16.6 Å². The molecule has 4 heterocycles. The van der Waals surface area contributed by atoms with Crippen LogP contribution in [0.2, 0.25) is 0 Å². The summed E-state index contributed by atoms with van der Waals surface area (Å²) in [6.45, 7) is 5.87. The molecule has 1 aromatic carbocycles. The van der Waals surface area contributed by atoms with Gasteiger partial charge in [0, 0.05) is 41.9 Å². The summed E-state index contributed by atoms with van der Waals surface area (Å²) < 4.78 is 15.9. The molecule has 0 amide bonds. The fourth-order valence-corrected chi connectivity index (χ4v) is 4.11. The number of rotatable bonds is 4. The van der Waals surface area contributed by atoms with Crippen LogP contribution in [-0.4, -0.2) is 32.7 Å². The smallest absolute Gasteiger partial charge is 0.157 e. The van der Waals surface area contributed by atoms with Crippen LogP contribution in [0.15, 0.2) is 42.7 Å². The van der Waals surface area contributed by atoms with E-state index in [9.17, 15) is 4.39 Å². The molecule has 1 N–H and O–H groups in total. The van der Waals surface area contributed by atoms with E-state index in [0.717, 1.165) is 59.7 Å². The number of pyridine rings is 1. The molecule has 5 rings (SSSR count). The molecule has 0 saturated carbocycles. The van der Waals surface area contributed by atoms with Crippen LogP contribution in [0.3, 0.4) is 0 Å². The van der Waals surface area contributed by atoms with Crippen molar-refractivity contribution in [3.63, 3.8) is 0 Å². The highest BCUT2D eigenvalue weighted by Gasteiger charge is 2.22. The fraction of sp³-hybridized carbons (Fsp3) is 0.318. The van der Waals surface area contributed by atoms with Crippen molar-refractivity contribution in [1.29, 1.82) is 0 Å². The van der Waals surface area contributed by atoms with E-state index < -0.39 is 0 Å². The van der Waals surface area contributed by atoms with Crippen molar-refractivity contribution in [2.24, 2.45) is 0 Å². The van der Waals surface area contributed by atoms with Gasteiger partial charge < -0.3 is 10.2 Å². The van der Waals surface area contributed by atoms with E-state index in [1.807, 2.05) is 18.2 Å². The molecule has 1 atom stereocenters. The number of nitrogens with one attached hydrogen (secondary N) is 1. The van der Waals surface area contributed by atoms with Gasteiger partial charge in [0.1, 0.15) is 17.5 Å². The number of halogens is 1. The molecule has 0 spiro atoms. The van der Waals surface area contributed by atoms with Gasteiger partial charge in [0.15, 0.2) is 5.65 Å². The van der Waals surface area contributed by atoms with Crippen molar-refractivity contribution in [3.05, 3.63) is 59.7 Å². The maximum absolute atomic E-state index is 14.1. The van der Waals surface area contributed by atoms with Gasteiger partial charge in [-0.3, -0.25) is 0 Å². The highest BCUT2D eigenvalue weighted by Crippen LogP contribution is 2.33. The van der Waals surface area contributed by atoms with Crippen molar-refractivity contribution in [1.82, 2.24) is 19.6 Å². The minimum absolute atomic E-state index is 0.0114. The van der Waals surface area contributed by atoms with Gasteiger partial charge in [0.2, 0.25) is 0 Å². The predicted octanol–water partition coefficient (Wildman–Crippen LogP) is 4.50. The predicted molar refractivity (Wildman–Crippen MR) is 113 cm³/mol. The molecule has 4 aromatic rings. The lowest BCUT2D eigenvalue weighted by atomic mass is 10.0. The minimum Gasteiger partial charge on any atom is -0.363 e. The fourth-order valence-electron chi connectivity index (χ4n) is 4.11. The second kappa shape index (κ2) is 6.99. The van der Waals surface area contributed by atoms with Gasteiger partial charge in [0.25, 0.3) is 0 Å². The molecule has 29 heavy (non-hydrogen) atoms. The molecule has 1 aliphatic rings. The van der Waals surface area contributed by atoms with E-state index in [4.69, 9.17) is 4.98 Å². The first-order valence-corrected chi connectivity index (χ1v) is 10.0.